The summed E-state index contributed by atoms with van der Waals surface area (Å²) in [5.41, 5.74) is 0.915. The number of hydrogen-bond donors (Lipinski definition) is 0. The molecule has 0 fully saturated rings. The lowest BCUT2D eigenvalue weighted by Gasteiger charge is -1.99. The number of carbonyl (C=O) groups excluding carboxylic acids is 1. The fraction of sp³-hybridized carbons (Fsp3) is 0.250. The Morgan fingerprint density at radius 1 is 1.36 bits per heavy atom. The Bertz CT molecular complexity index is 520. The first kappa shape index (κ1) is 7.43. The highest BCUT2D eigenvalue weighted by Gasteiger charge is 2.22. The molecule has 0 amide bonds. The lowest BCUT2D eigenvalue weighted by Crippen LogP contribution is -2.11. The van der Waals surface area contributed by atoms with E-state index in [1.807, 2.05) is 0 Å². The zero-order valence-corrected chi connectivity index (χ0v) is 7.06. The van der Waals surface area contributed by atoms with Gasteiger partial charge in [0.1, 0.15) is 24.0 Å². The molecule has 2 aromatic rings. The molecule has 3 heterocycles. The Labute approximate surface area is 77.9 Å². The normalized spacial score (nSPS) is 15.3. The SMILES string of the molecule is O=C1COc2ncnc3onc(c23)C1. The van der Waals surface area contributed by atoms with Gasteiger partial charge in [-0.15, -0.1) is 0 Å². The van der Waals surface area contributed by atoms with Gasteiger partial charge in [-0.3, -0.25) is 4.79 Å². The van der Waals surface area contributed by atoms with Gasteiger partial charge in [0.05, 0.1) is 6.42 Å². The zero-order chi connectivity index (χ0) is 9.54. The first-order valence-corrected chi connectivity index (χ1v) is 4.08. The minimum absolute atomic E-state index is 0.0302. The van der Waals surface area contributed by atoms with E-state index in [9.17, 15) is 4.79 Å². The number of Topliss-reactive ketones (excluding diaryl/α,β-unsaturated/α-hetero) is 1. The van der Waals surface area contributed by atoms with Crippen LogP contribution in [0.15, 0.2) is 10.9 Å². The van der Waals surface area contributed by atoms with Crippen molar-refractivity contribution < 1.29 is 14.1 Å². The second-order valence-corrected chi connectivity index (χ2v) is 2.99. The van der Waals surface area contributed by atoms with Crippen molar-refractivity contribution in [2.45, 2.75) is 6.42 Å². The van der Waals surface area contributed by atoms with Gasteiger partial charge in [0.25, 0.3) is 5.71 Å². The molecule has 0 aromatic carbocycles. The van der Waals surface area contributed by atoms with Crippen LogP contribution < -0.4 is 4.74 Å². The van der Waals surface area contributed by atoms with Crippen molar-refractivity contribution in [3.8, 4) is 5.88 Å². The van der Waals surface area contributed by atoms with Crippen LogP contribution >= 0.6 is 0 Å². The van der Waals surface area contributed by atoms with Crippen molar-refractivity contribution in [3.05, 3.63) is 12.0 Å². The lowest BCUT2D eigenvalue weighted by atomic mass is 10.2. The lowest BCUT2D eigenvalue weighted by molar-refractivity contribution is -0.120. The molecular weight excluding hydrogens is 186 g/mol. The fourth-order valence-electron chi connectivity index (χ4n) is 1.43. The van der Waals surface area contributed by atoms with Gasteiger partial charge < -0.3 is 9.26 Å². The van der Waals surface area contributed by atoms with E-state index in [-0.39, 0.29) is 18.8 Å². The van der Waals surface area contributed by atoms with Gasteiger partial charge in [0.2, 0.25) is 5.88 Å². The van der Waals surface area contributed by atoms with E-state index >= 15 is 0 Å². The summed E-state index contributed by atoms with van der Waals surface area (Å²) in [6.07, 6.45) is 1.54. The number of hydrogen-bond acceptors (Lipinski definition) is 6. The first-order chi connectivity index (χ1) is 6.84. The second kappa shape index (κ2) is 2.50. The number of ether oxygens (including phenoxy) is 1. The summed E-state index contributed by atoms with van der Waals surface area (Å²) >= 11 is 0. The Morgan fingerprint density at radius 2 is 2.29 bits per heavy atom. The molecular formula is C8H5N3O3. The Balaban J connectivity index is 2.35. The van der Waals surface area contributed by atoms with Gasteiger partial charge in [-0.1, -0.05) is 5.16 Å². The van der Waals surface area contributed by atoms with Crippen molar-refractivity contribution in [3.63, 3.8) is 0 Å². The van der Waals surface area contributed by atoms with Gasteiger partial charge >= 0.3 is 0 Å². The molecule has 6 heteroatoms. The third kappa shape index (κ3) is 0.905. The van der Waals surface area contributed by atoms with Crippen LogP contribution in [0, 0.1) is 0 Å². The molecule has 0 saturated heterocycles. The Morgan fingerprint density at radius 3 is 3.21 bits per heavy atom. The second-order valence-electron chi connectivity index (χ2n) is 2.99. The zero-order valence-electron chi connectivity index (χ0n) is 7.06. The molecule has 2 aromatic heterocycles. The Kier molecular flexibility index (Phi) is 1.33. The predicted molar refractivity (Wildman–Crippen MR) is 43.8 cm³/mol. The van der Waals surface area contributed by atoms with E-state index in [0.29, 0.717) is 22.7 Å². The molecule has 0 aliphatic carbocycles. The standard InChI is InChI=1S/C8H5N3O3/c12-4-1-5-6-7(13-2-4)9-3-10-8(6)14-11-5/h3H,1-2H2. The van der Waals surface area contributed by atoms with E-state index in [1.54, 1.807) is 0 Å². The highest BCUT2D eigenvalue weighted by atomic mass is 16.5. The number of ketones is 1. The highest BCUT2D eigenvalue weighted by molar-refractivity contribution is 5.91. The van der Waals surface area contributed by atoms with Crippen LogP contribution in [0.1, 0.15) is 5.69 Å². The summed E-state index contributed by atoms with van der Waals surface area (Å²) in [6.45, 7) is 0.0302. The smallest absolute Gasteiger partial charge is 0.264 e. The largest absolute Gasteiger partial charge is 0.469 e. The average molecular weight is 191 g/mol. The van der Waals surface area contributed by atoms with Gasteiger partial charge in [-0.2, -0.15) is 4.98 Å². The summed E-state index contributed by atoms with van der Waals surface area (Å²) in [5, 5.41) is 4.37. The topological polar surface area (TPSA) is 78.1 Å². The molecule has 0 bridgehead atoms. The molecule has 70 valence electrons. The maximum absolute atomic E-state index is 11.2. The van der Waals surface area contributed by atoms with Crippen LogP contribution in [0.4, 0.5) is 0 Å². The van der Waals surface area contributed by atoms with Crippen LogP contribution in [-0.2, 0) is 11.2 Å². The molecule has 1 aliphatic heterocycles. The van der Waals surface area contributed by atoms with E-state index in [4.69, 9.17) is 9.26 Å². The predicted octanol–water partition coefficient (Wildman–Crippen LogP) is 0.122. The number of aromatic nitrogens is 3. The highest BCUT2D eigenvalue weighted by Crippen LogP contribution is 2.27. The third-order valence-corrected chi connectivity index (χ3v) is 2.04. The minimum Gasteiger partial charge on any atom is -0.469 e. The molecule has 0 radical (unpaired) electrons. The quantitative estimate of drug-likeness (QED) is 0.588. The van der Waals surface area contributed by atoms with Crippen LogP contribution in [0.5, 0.6) is 5.88 Å². The summed E-state index contributed by atoms with van der Waals surface area (Å²) in [6, 6.07) is 0. The van der Waals surface area contributed by atoms with E-state index in [0.717, 1.165) is 0 Å². The fourth-order valence-corrected chi connectivity index (χ4v) is 1.43. The summed E-state index contributed by atoms with van der Waals surface area (Å²) in [5.74, 6) is 0.329. The maximum atomic E-state index is 11.2. The molecule has 0 atom stereocenters. The molecule has 14 heavy (non-hydrogen) atoms. The van der Waals surface area contributed by atoms with Crippen molar-refractivity contribution >= 4 is 16.9 Å². The summed E-state index contributed by atoms with van der Waals surface area (Å²) in [7, 11) is 0. The third-order valence-electron chi connectivity index (χ3n) is 2.04. The summed E-state index contributed by atoms with van der Waals surface area (Å²) < 4.78 is 10.1. The van der Waals surface area contributed by atoms with Crippen molar-refractivity contribution in [1.29, 1.82) is 0 Å². The molecule has 1 aliphatic rings. The molecule has 3 rings (SSSR count). The summed E-state index contributed by atoms with van der Waals surface area (Å²) in [4.78, 5) is 19.0. The van der Waals surface area contributed by atoms with E-state index < -0.39 is 0 Å². The van der Waals surface area contributed by atoms with Gasteiger partial charge in [0, 0.05) is 0 Å². The number of carbonyl (C=O) groups is 1. The van der Waals surface area contributed by atoms with E-state index in [1.165, 1.54) is 6.33 Å². The van der Waals surface area contributed by atoms with Gasteiger partial charge in [-0.25, -0.2) is 4.98 Å². The molecule has 0 N–H and O–H groups in total. The van der Waals surface area contributed by atoms with Crippen molar-refractivity contribution in [1.82, 2.24) is 15.1 Å². The van der Waals surface area contributed by atoms with E-state index in [2.05, 4.69) is 15.1 Å². The number of rotatable bonds is 0. The monoisotopic (exact) mass is 191 g/mol. The van der Waals surface area contributed by atoms with Crippen molar-refractivity contribution in [2.75, 3.05) is 6.61 Å². The van der Waals surface area contributed by atoms with Gasteiger partial charge in [0.15, 0.2) is 5.78 Å². The van der Waals surface area contributed by atoms with Gasteiger partial charge in [-0.05, 0) is 0 Å². The molecule has 0 spiro atoms. The molecule has 6 nitrogen and oxygen atoms in total. The Hall–Kier alpha value is -1.98. The average Bonchev–Trinajstić information content (AvgIpc) is 2.51. The van der Waals surface area contributed by atoms with Crippen molar-refractivity contribution in [2.24, 2.45) is 0 Å². The van der Waals surface area contributed by atoms with Crippen LogP contribution in [0.2, 0.25) is 0 Å². The van der Waals surface area contributed by atoms with Crippen LogP contribution in [0.3, 0.4) is 0 Å². The minimum atomic E-state index is -0.0433. The van der Waals surface area contributed by atoms with Crippen LogP contribution in [-0.4, -0.2) is 27.5 Å². The molecule has 0 saturated carbocycles. The maximum Gasteiger partial charge on any atom is 0.264 e. The van der Waals surface area contributed by atoms with Crippen LogP contribution in [0.25, 0.3) is 11.1 Å². The number of nitrogens with zero attached hydrogens (tertiary/aromatic N) is 3. The first-order valence-electron chi connectivity index (χ1n) is 4.08. The molecule has 0 unspecified atom stereocenters.